The molecule has 0 atom stereocenters. The molecule has 9 heteroatoms. The van der Waals surface area contributed by atoms with E-state index >= 15 is 0 Å². The van der Waals surface area contributed by atoms with Gasteiger partial charge in [-0.05, 0) is 54.1 Å². The second-order valence-corrected chi connectivity index (χ2v) is 9.57. The van der Waals surface area contributed by atoms with Gasteiger partial charge in [0.15, 0.2) is 0 Å². The first-order valence-electron chi connectivity index (χ1n) is 12.1. The number of rotatable bonds is 5. The van der Waals surface area contributed by atoms with Gasteiger partial charge in [0.1, 0.15) is 6.54 Å². The predicted molar refractivity (Wildman–Crippen MR) is 142 cm³/mol. The van der Waals surface area contributed by atoms with Crippen LogP contribution in [0.5, 0.6) is 0 Å². The van der Waals surface area contributed by atoms with Crippen molar-refractivity contribution < 1.29 is 24.3 Å². The molecule has 0 fully saturated rings. The molecule has 2 heterocycles. The summed E-state index contributed by atoms with van der Waals surface area (Å²) in [6.45, 7) is 1.04. The Labute approximate surface area is 224 Å². The molecule has 2 aliphatic heterocycles. The number of carbonyl (C=O) groups excluding carboxylic acids is 3. The molecular weight excluding hydrogens is 506 g/mol. The number of hydrogen-bond acceptors (Lipinski definition) is 4. The Balaban J connectivity index is 1.45. The molecule has 0 spiro atoms. The van der Waals surface area contributed by atoms with Crippen molar-refractivity contribution in [2.75, 3.05) is 24.5 Å². The van der Waals surface area contributed by atoms with Crippen LogP contribution < -0.4 is 4.90 Å². The average molecular weight is 530 g/mol. The van der Waals surface area contributed by atoms with Gasteiger partial charge < -0.3 is 19.8 Å². The molecule has 5 rings (SSSR count). The van der Waals surface area contributed by atoms with Crippen LogP contribution in [0.4, 0.5) is 5.69 Å². The molecule has 2 aliphatic rings. The summed E-state index contributed by atoms with van der Waals surface area (Å²) in [5.41, 5.74) is 2.49. The summed E-state index contributed by atoms with van der Waals surface area (Å²) in [4.78, 5) is 56.1. The Morgan fingerprint density at radius 3 is 2.03 bits per heavy atom. The van der Waals surface area contributed by atoms with Crippen molar-refractivity contribution >= 4 is 41.0 Å². The lowest BCUT2D eigenvalue weighted by molar-refractivity contribution is -0.119. The molecule has 0 unspecified atom stereocenters. The molecule has 0 bridgehead atoms. The van der Waals surface area contributed by atoms with E-state index in [1.54, 1.807) is 65.6 Å². The first-order valence-corrected chi connectivity index (χ1v) is 12.4. The van der Waals surface area contributed by atoms with Gasteiger partial charge in [0, 0.05) is 47.0 Å². The van der Waals surface area contributed by atoms with Gasteiger partial charge in [-0.15, -0.1) is 0 Å². The minimum absolute atomic E-state index is 0.0243. The highest BCUT2D eigenvalue weighted by molar-refractivity contribution is 6.30. The van der Waals surface area contributed by atoms with Crippen LogP contribution in [0, 0.1) is 0 Å². The van der Waals surface area contributed by atoms with Crippen molar-refractivity contribution in [2.45, 2.75) is 13.1 Å². The third-order valence-corrected chi connectivity index (χ3v) is 6.93. The minimum Gasteiger partial charge on any atom is -0.478 e. The summed E-state index contributed by atoms with van der Waals surface area (Å²) in [6.07, 6.45) is 3.89. The SMILES string of the molecule is O=C(O)c1cccc2c1CN(C(=O)c1ccc(Cl)cc1)CC(=O)N2Cc1ccc(C(=O)N2CC=CC2)cc1. The van der Waals surface area contributed by atoms with Crippen LogP contribution in [0.15, 0.2) is 78.9 Å². The first kappa shape index (κ1) is 25.2. The van der Waals surface area contributed by atoms with Gasteiger partial charge in [-0.1, -0.05) is 42.0 Å². The Hall–Kier alpha value is -4.43. The van der Waals surface area contributed by atoms with Gasteiger partial charge >= 0.3 is 5.97 Å². The lowest BCUT2D eigenvalue weighted by atomic mass is 10.0. The molecule has 0 saturated heterocycles. The Morgan fingerprint density at radius 2 is 1.39 bits per heavy atom. The molecule has 3 aromatic rings. The van der Waals surface area contributed by atoms with Crippen LogP contribution in [0.1, 0.15) is 42.2 Å². The van der Waals surface area contributed by atoms with Crippen molar-refractivity contribution in [3.05, 3.63) is 112 Å². The summed E-state index contributed by atoms with van der Waals surface area (Å²) in [5, 5.41) is 10.3. The van der Waals surface area contributed by atoms with E-state index in [0.29, 0.717) is 40.5 Å². The molecule has 3 amide bonds. The molecule has 192 valence electrons. The zero-order valence-corrected chi connectivity index (χ0v) is 21.1. The third-order valence-electron chi connectivity index (χ3n) is 6.67. The number of nitrogens with zero attached hydrogens (tertiary/aromatic N) is 3. The van der Waals surface area contributed by atoms with Crippen molar-refractivity contribution in [1.82, 2.24) is 9.80 Å². The molecule has 8 nitrogen and oxygen atoms in total. The second-order valence-electron chi connectivity index (χ2n) is 9.13. The summed E-state index contributed by atoms with van der Waals surface area (Å²) < 4.78 is 0. The van der Waals surface area contributed by atoms with Gasteiger partial charge in [0.25, 0.3) is 11.8 Å². The van der Waals surface area contributed by atoms with Crippen molar-refractivity contribution in [3.63, 3.8) is 0 Å². The molecular formula is C29H24ClN3O5. The number of halogens is 1. The number of fused-ring (bicyclic) bond motifs is 1. The minimum atomic E-state index is -1.14. The lowest BCUT2D eigenvalue weighted by Gasteiger charge is -2.24. The molecule has 3 aromatic carbocycles. The van der Waals surface area contributed by atoms with Crippen LogP contribution in [-0.2, 0) is 17.9 Å². The van der Waals surface area contributed by atoms with Gasteiger partial charge in [-0.25, -0.2) is 4.79 Å². The zero-order chi connectivity index (χ0) is 26.8. The maximum Gasteiger partial charge on any atom is 0.336 e. The Bertz CT molecular complexity index is 1440. The molecule has 0 saturated carbocycles. The number of benzene rings is 3. The largest absolute Gasteiger partial charge is 0.478 e. The topological polar surface area (TPSA) is 98.2 Å². The van der Waals surface area contributed by atoms with Crippen molar-refractivity contribution in [1.29, 1.82) is 0 Å². The summed E-state index contributed by atoms with van der Waals surface area (Å²) in [5.74, 6) is -1.96. The fourth-order valence-corrected chi connectivity index (χ4v) is 4.80. The van der Waals surface area contributed by atoms with E-state index in [0.717, 1.165) is 5.56 Å². The standard InChI is InChI=1S/C29H24ClN3O5/c30-22-12-10-21(11-13-22)28(36)32-17-24-23(29(37)38)4-3-5-25(24)33(26(34)18-32)16-19-6-8-20(9-7-19)27(35)31-14-1-2-15-31/h1-13H,14-18H2,(H,37,38). The van der Waals surface area contributed by atoms with E-state index in [-0.39, 0.29) is 37.0 Å². The summed E-state index contributed by atoms with van der Waals surface area (Å²) in [6, 6.07) is 18.1. The summed E-state index contributed by atoms with van der Waals surface area (Å²) in [7, 11) is 0. The fourth-order valence-electron chi connectivity index (χ4n) is 4.68. The van der Waals surface area contributed by atoms with E-state index < -0.39 is 11.9 Å². The molecule has 1 N–H and O–H groups in total. The van der Waals surface area contributed by atoms with E-state index in [4.69, 9.17) is 11.6 Å². The quantitative estimate of drug-likeness (QED) is 0.499. The number of carboxylic acids is 1. The predicted octanol–water partition coefficient (Wildman–Crippen LogP) is 4.24. The monoisotopic (exact) mass is 529 g/mol. The Morgan fingerprint density at radius 1 is 0.789 bits per heavy atom. The second kappa shape index (κ2) is 10.5. The number of hydrogen-bond donors (Lipinski definition) is 1. The van der Waals surface area contributed by atoms with E-state index in [1.165, 1.54) is 15.9 Å². The number of carbonyl (C=O) groups is 4. The highest BCUT2D eigenvalue weighted by atomic mass is 35.5. The van der Waals surface area contributed by atoms with E-state index in [9.17, 15) is 24.3 Å². The molecule has 0 radical (unpaired) electrons. The number of aromatic carboxylic acids is 1. The molecule has 0 aromatic heterocycles. The maximum atomic E-state index is 13.5. The van der Waals surface area contributed by atoms with Gasteiger partial charge in [-0.2, -0.15) is 0 Å². The highest BCUT2D eigenvalue weighted by Gasteiger charge is 2.32. The van der Waals surface area contributed by atoms with Gasteiger partial charge in [0.05, 0.1) is 12.1 Å². The normalized spacial score (nSPS) is 14.9. The van der Waals surface area contributed by atoms with Crippen LogP contribution >= 0.6 is 11.6 Å². The van der Waals surface area contributed by atoms with E-state index in [2.05, 4.69) is 0 Å². The van der Waals surface area contributed by atoms with Crippen molar-refractivity contribution in [3.8, 4) is 0 Å². The van der Waals surface area contributed by atoms with Gasteiger partial charge in [0.2, 0.25) is 5.91 Å². The lowest BCUT2D eigenvalue weighted by Crippen LogP contribution is -2.39. The van der Waals surface area contributed by atoms with E-state index in [1.807, 2.05) is 12.2 Å². The number of carboxylic acid groups (broad SMARTS) is 1. The third kappa shape index (κ3) is 5.03. The molecule has 0 aliphatic carbocycles. The van der Waals surface area contributed by atoms with Crippen LogP contribution in [0.2, 0.25) is 5.02 Å². The zero-order valence-electron chi connectivity index (χ0n) is 20.3. The smallest absolute Gasteiger partial charge is 0.336 e. The highest BCUT2D eigenvalue weighted by Crippen LogP contribution is 2.31. The van der Waals surface area contributed by atoms with Crippen molar-refractivity contribution in [2.24, 2.45) is 0 Å². The van der Waals surface area contributed by atoms with Crippen LogP contribution in [0.3, 0.4) is 0 Å². The first-order chi connectivity index (χ1) is 18.3. The number of amides is 3. The molecule has 38 heavy (non-hydrogen) atoms. The Kier molecular flexibility index (Phi) is 6.98. The fraction of sp³-hybridized carbons (Fsp3) is 0.172. The van der Waals surface area contributed by atoms with Gasteiger partial charge in [-0.3, -0.25) is 14.4 Å². The summed E-state index contributed by atoms with van der Waals surface area (Å²) >= 11 is 5.96. The number of anilines is 1. The maximum absolute atomic E-state index is 13.5. The van der Waals surface area contributed by atoms with Crippen LogP contribution in [0.25, 0.3) is 0 Å². The van der Waals surface area contributed by atoms with Crippen LogP contribution in [-0.4, -0.2) is 58.2 Å². The average Bonchev–Trinajstić information content (AvgIpc) is 3.42.